The molecular weight excluding hydrogens is 376 g/mol. The number of hydrogen-bond donors (Lipinski definition) is 3. The standard InChI is InChI=1S/C24H32N4O2/c1-18(2)12-15-25-23(29)21-10-6-7-11-22(21)28-16-13-20(14-17-28)27-24(30)26-19-8-4-3-5-9-19/h3-11,18,20H,12-17H2,1-2H3,(H,25,29)(H2,26,27,30). The van der Waals surface area contributed by atoms with Gasteiger partial charge in [-0.15, -0.1) is 0 Å². The van der Waals surface area contributed by atoms with Crippen LogP contribution >= 0.6 is 0 Å². The molecule has 2 aromatic carbocycles. The molecule has 0 unspecified atom stereocenters. The van der Waals surface area contributed by atoms with Crippen LogP contribution in [0.25, 0.3) is 0 Å². The normalized spacial score (nSPS) is 14.4. The molecule has 30 heavy (non-hydrogen) atoms. The highest BCUT2D eigenvalue weighted by Gasteiger charge is 2.23. The molecule has 0 atom stereocenters. The summed E-state index contributed by atoms with van der Waals surface area (Å²) in [5.74, 6) is 0.542. The molecule has 3 N–H and O–H groups in total. The Bertz CT molecular complexity index is 830. The lowest BCUT2D eigenvalue weighted by Gasteiger charge is -2.34. The Morgan fingerprint density at radius 1 is 1.00 bits per heavy atom. The summed E-state index contributed by atoms with van der Waals surface area (Å²) in [7, 11) is 0. The third-order valence-electron chi connectivity index (χ3n) is 5.36. The van der Waals surface area contributed by atoms with Gasteiger partial charge >= 0.3 is 6.03 Å². The predicted octanol–water partition coefficient (Wildman–Crippen LogP) is 4.25. The van der Waals surface area contributed by atoms with Gasteiger partial charge in [0.25, 0.3) is 5.91 Å². The Kier molecular flexibility index (Phi) is 7.71. The van der Waals surface area contributed by atoms with E-state index >= 15 is 0 Å². The van der Waals surface area contributed by atoms with Crippen LogP contribution in [0.15, 0.2) is 54.6 Å². The highest BCUT2D eigenvalue weighted by atomic mass is 16.2. The summed E-state index contributed by atoms with van der Waals surface area (Å²) in [4.78, 5) is 27.1. The molecule has 3 rings (SSSR count). The average molecular weight is 409 g/mol. The molecule has 3 amide bonds. The first-order valence-electron chi connectivity index (χ1n) is 10.8. The van der Waals surface area contributed by atoms with E-state index < -0.39 is 0 Å². The van der Waals surface area contributed by atoms with Crippen LogP contribution in [0.4, 0.5) is 16.2 Å². The predicted molar refractivity (Wildman–Crippen MR) is 122 cm³/mol. The number of urea groups is 1. The summed E-state index contributed by atoms with van der Waals surface area (Å²) in [5.41, 5.74) is 2.46. The van der Waals surface area contributed by atoms with Crippen molar-refractivity contribution in [2.45, 2.75) is 39.2 Å². The first-order chi connectivity index (χ1) is 14.5. The van der Waals surface area contributed by atoms with Gasteiger partial charge in [0.15, 0.2) is 0 Å². The number of carbonyl (C=O) groups excluding carboxylic acids is 2. The van der Waals surface area contributed by atoms with Gasteiger partial charge in [-0.1, -0.05) is 44.2 Å². The number of benzene rings is 2. The van der Waals surface area contributed by atoms with Gasteiger partial charge in [-0.3, -0.25) is 4.79 Å². The summed E-state index contributed by atoms with van der Waals surface area (Å²) in [6.45, 7) is 6.59. The molecule has 2 aromatic rings. The quantitative estimate of drug-likeness (QED) is 0.641. The minimum Gasteiger partial charge on any atom is -0.371 e. The Labute approximate surface area is 179 Å². The Hall–Kier alpha value is -3.02. The number of piperidine rings is 1. The van der Waals surface area contributed by atoms with Crippen LogP contribution in [0.1, 0.15) is 43.5 Å². The maximum Gasteiger partial charge on any atom is 0.319 e. The monoisotopic (exact) mass is 408 g/mol. The van der Waals surface area contributed by atoms with Gasteiger partial charge in [0.1, 0.15) is 0 Å². The van der Waals surface area contributed by atoms with E-state index in [2.05, 4.69) is 34.7 Å². The number of hydrogen-bond acceptors (Lipinski definition) is 3. The molecule has 1 heterocycles. The summed E-state index contributed by atoms with van der Waals surface area (Å²) in [5, 5.41) is 8.96. The zero-order valence-corrected chi connectivity index (χ0v) is 17.9. The second kappa shape index (κ2) is 10.7. The number of amides is 3. The van der Waals surface area contributed by atoms with Crippen molar-refractivity contribution in [3.05, 3.63) is 60.2 Å². The minimum atomic E-state index is -0.176. The van der Waals surface area contributed by atoms with Crippen LogP contribution < -0.4 is 20.9 Å². The highest BCUT2D eigenvalue weighted by Crippen LogP contribution is 2.24. The van der Waals surface area contributed by atoms with E-state index in [-0.39, 0.29) is 18.0 Å². The summed E-state index contributed by atoms with van der Waals surface area (Å²) in [6, 6.07) is 17.2. The van der Waals surface area contributed by atoms with Crippen molar-refractivity contribution in [3.8, 4) is 0 Å². The third kappa shape index (κ3) is 6.24. The fourth-order valence-electron chi connectivity index (χ4n) is 3.65. The fourth-order valence-corrected chi connectivity index (χ4v) is 3.65. The molecule has 1 saturated heterocycles. The lowest BCUT2D eigenvalue weighted by molar-refractivity contribution is 0.0952. The smallest absolute Gasteiger partial charge is 0.319 e. The molecule has 0 aliphatic carbocycles. The molecule has 6 heteroatoms. The van der Waals surface area contributed by atoms with Crippen LogP contribution in [0.3, 0.4) is 0 Å². The van der Waals surface area contributed by atoms with Crippen LogP contribution in [0.5, 0.6) is 0 Å². The van der Waals surface area contributed by atoms with Gasteiger partial charge in [-0.2, -0.15) is 0 Å². The molecule has 0 bridgehead atoms. The van der Waals surface area contributed by atoms with E-state index in [0.717, 1.165) is 49.3 Å². The molecule has 0 radical (unpaired) electrons. The van der Waals surface area contributed by atoms with E-state index in [1.54, 1.807) is 0 Å². The zero-order chi connectivity index (χ0) is 21.3. The molecular formula is C24H32N4O2. The van der Waals surface area contributed by atoms with E-state index in [0.29, 0.717) is 12.5 Å². The number of para-hydroxylation sites is 2. The highest BCUT2D eigenvalue weighted by molar-refractivity contribution is 5.99. The van der Waals surface area contributed by atoms with Gasteiger partial charge in [0, 0.05) is 37.1 Å². The number of anilines is 2. The fraction of sp³-hybridized carbons (Fsp3) is 0.417. The first kappa shape index (κ1) is 21.7. The third-order valence-corrected chi connectivity index (χ3v) is 5.36. The number of nitrogens with one attached hydrogen (secondary N) is 3. The molecule has 160 valence electrons. The van der Waals surface area contributed by atoms with Gasteiger partial charge in [-0.25, -0.2) is 4.79 Å². The van der Waals surface area contributed by atoms with E-state index in [1.807, 2.05) is 54.6 Å². The van der Waals surface area contributed by atoms with Crippen molar-refractivity contribution in [3.63, 3.8) is 0 Å². The molecule has 1 aliphatic heterocycles. The SMILES string of the molecule is CC(C)CCNC(=O)c1ccccc1N1CCC(NC(=O)Nc2ccccc2)CC1. The topological polar surface area (TPSA) is 73.5 Å². The number of rotatable bonds is 7. The van der Waals surface area contributed by atoms with Crippen molar-refractivity contribution >= 4 is 23.3 Å². The van der Waals surface area contributed by atoms with Gasteiger partial charge in [0.2, 0.25) is 0 Å². The minimum absolute atomic E-state index is 0.0197. The molecule has 0 spiro atoms. The van der Waals surface area contributed by atoms with Crippen molar-refractivity contribution in [1.82, 2.24) is 10.6 Å². The summed E-state index contributed by atoms with van der Waals surface area (Å²) >= 11 is 0. The van der Waals surface area contributed by atoms with E-state index in [9.17, 15) is 9.59 Å². The average Bonchev–Trinajstić information content (AvgIpc) is 2.74. The lowest BCUT2D eigenvalue weighted by Crippen LogP contribution is -2.46. The van der Waals surface area contributed by atoms with Crippen LogP contribution in [0.2, 0.25) is 0 Å². The molecule has 0 saturated carbocycles. The Balaban J connectivity index is 1.52. The van der Waals surface area contributed by atoms with Crippen molar-refractivity contribution in [1.29, 1.82) is 0 Å². The molecule has 0 aromatic heterocycles. The van der Waals surface area contributed by atoms with Gasteiger partial charge < -0.3 is 20.9 Å². The second-order valence-electron chi connectivity index (χ2n) is 8.18. The second-order valence-corrected chi connectivity index (χ2v) is 8.18. The van der Waals surface area contributed by atoms with E-state index in [4.69, 9.17) is 0 Å². The van der Waals surface area contributed by atoms with Crippen LogP contribution in [0, 0.1) is 5.92 Å². The Morgan fingerprint density at radius 2 is 1.67 bits per heavy atom. The van der Waals surface area contributed by atoms with Crippen LogP contribution in [-0.2, 0) is 0 Å². The summed E-state index contributed by atoms with van der Waals surface area (Å²) in [6.07, 6.45) is 2.65. The van der Waals surface area contributed by atoms with Gasteiger partial charge in [0.05, 0.1) is 5.56 Å². The van der Waals surface area contributed by atoms with Crippen molar-refractivity contribution in [2.75, 3.05) is 29.9 Å². The van der Waals surface area contributed by atoms with Gasteiger partial charge in [-0.05, 0) is 49.4 Å². The lowest BCUT2D eigenvalue weighted by atomic mass is 10.0. The maximum absolute atomic E-state index is 12.7. The van der Waals surface area contributed by atoms with E-state index in [1.165, 1.54) is 0 Å². The first-order valence-corrected chi connectivity index (χ1v) is 10.8. The number of nitrogens with zero attached hydrogens (tertiary/aromatic N) is 1. The maximum atomic E-state index is 12.7. The zero-order valence-electron chi connectivity index (χ0n) is 17.9. The molecule has 1 fully saturated rings. The Morgan fingerprint density at radius 3 is 2.37 bits per heavy atom. The van der Waals surface area contributed by atoms with Crippen LogP contribution in [-0.4, -0.2) is 37.6 Å². The van der Waals surface area contributed by atoms with Crippen molar-refractivity contribution < 1.29 is 9.59 Å². The molecule has 1 aliphatic rings. The number of carbonyl (C=O) groups is 2. The largest absolute Gasteiger partial charge is 0.371 e. The van der Waals surface area contributed by atoms with Crippen molar-refractivity contribution in [2.24, 2.45) is 5.92 Å². The summed E-state index contributed by atoms with van der Waals surface area (Å²) < 4.78 is 0. The molecule has 6 nitrogen and oxygen atoms in total.